The number of aliphatic imine (C=N–C) groups is 1. The summed E-state index contributed by atoms with van der Waals surface area (Å²) in [6.45, 7) is 0. The predicted molar refractivity (Wildman–Crippen MR) is 101 cm³/mol. The first-order chi connectivity index (χ1) is 11.7. The number of nitrogens with zero attached hydrogens (tertiary/aromatic N) is 2. The van der Waals surface area contributed by atoms with Gasteiger partial charge in [-0.25, -0.2) is 0 Å². The molecule has 2 heterocycles. The highest BCUT2D eigenvalue weighted by molar-refractivity contribution is 7.16. The van der Waals surface area contributed by atoms with Crippen molar-refractivity contribution in [3.05, 3.63) is 64.0 Å². The fraction of sp³-hybridized carbons (Fsp3) is 0. The van der Waals surface area contributed by atoms with Crippen LogP contribution in [-0.2, 0) is 0 Å². The van der Waals surface area contributed by atoms with Gasteiger partial charge in [0, 0.05) is 17.4 Å². The van der Waals surface area contributed by atoms with Crippen molar-refractivity contribution in [1.29, 1.82) is 0 Å². The molecule has 3 aromatic rings. The van der Waals surface area contributed by atoms with Crippen LogP contribution in [0, 0.1) is 0 Å². The van der Waals surface area contributed by atoms with Gasteiger partial charge in [0.1, 0.15) is 0 Å². The zero-order chi connectivity index (χ0) is 16.5. The van der Waals surface area contributed by atoms with Gasteiger partial charge in [-0.15, -0.1) is 0 Å². The highest BCUT2D eigenvalue weighted by atomic mass is 35.5. The quantitative estimate of drug-likeness (QED) is 0.653. The molecule has 0 saturated carbocycles. The number of allylic oxidation sites excluding steroid dienone is 1. The minimum atomic E-state index is -0.0140. The van der Waals surface area contributed by atoms with Gasteiger partial charge in [0.05, 0.1) is 21.3 Å². The van der Waals surface area contributed by atoms with E-state index in [4.69, 9.17) is 11.6 Å². The van der Waals surface area contributed by atoms with E-state index in [1.54, 1.807) is 12.3 Å². The number of aromatic hydroxyl groups is 1. The Kier molecular flexibility index (Phi) is 3.80. The van der Waals surface area contributed by atoms with Gasteiger partial charge in [0.25, 0.3) is 0 Å². The molecule has 0 amide bonds. The van der Waals surface area contributed by atoms with Crippen molar-refractivity contribution in [3.63, 3.8) is 0 Å². The minimum Gasteiger partial charge on any atom is -0.492 e. The van der Waals surface area contributed by atoms with Gasteiger partial charge in [-0.05, 0) is 24.3 Å². The van der Waals surface area contributed by atoms with Crippen LogP contribution < -0.4 is 5.32 Å². The SMILES string of the molecule is Oc1nc(Nc2ccccc2Cl)sc1/C=C1\C=Nc2ccccc21. The van der Waals surface area contributed by atoms with Gasteiger partial charge in [0.2, 0.25) is 5.88 Å². The van der Waals surface area contributed by atoms with E-state index >= 15 is 0 Å². The standard InChI is InChI=1S/C18H12ClN3OS/c19-13-6-2-4-8-15(13)21-18-22-17(23)16(24-18)9-11-10-20-14-7-3-1-5-12(11)14/h1-10,23H,(H,21,22)/b11-9+. The Morgan fingerprint density at radius 1 is 1.08 bits per heavy atom. The molecule has 118 valence electrons. The summed E-state index contributed by atoms with van der Waals surface area (Å²) < 4.78 is 0. The molecule has 2 N–H and O–H groups in total. The van der Waals surface area contributed by atoms with Gasteiger partial charge in [-0.2, -0.15) is 4.98 Å². The lowest BCUT2D eigenvalue weighted by Gasteiger charge is -2.03. The number of nitrogens with one attached hydrogen (secondary N) is 1. The van der Waals surface area contributed by atoms with Crippen LogP contribution in [0.15, 0.2) is 53.5 Å². The van der Waals surface area contributed by atoms with Crippen LogP contribution in [0.4, 0.5) is 16.5 Å². The highest BCUT2D eigenvalue weighted by Gasteiger charge is 2.14. The van der Waals surface area contributed by atoms with E-state index in [0.29, 0.717) is 15.0 Å². The lowest BCUT2D eigenvalue weighted by atomic mass is 10.1. The van der Waals surface area contributed by atoms with E-state index in [1.165, 1.54) is 11.3 Å². The minimum absolute atomic E-state index is 0.0140. The number of anilines is 2. The van der Waals surface area contributed by atoms with Gasteiger partial charge in [-0.1, -0.05) is 53.3 Å². The van der Waals surface area contributed by atoms with Crippen molar-refractivity contribution in [2.75, 3.05) is 5.32 Å². The monoisotopic (exact) mass is 353 g/mol. The third-order valence-corrected chi connectivity index (χ3v) is 4.83. The van der Waals surface area contributed by atoms with Crippen LogP contribution in [0.2, 0.25) is 5.02 Å². The van der Waals surface area contributed by atoms with E-state index in [1.807, 2.05) is 48.5 Å². The third kappa shape index (κ3) is 2.79. The summed E-state index contributed by atoms with van der Waals surface area (Å²) in [7, 11) is 0. The summed E-state index contributed by atoms with van der Waals surface area (Å²) in [6.07, 6.45) is 3.69. The lowest BCUT2D eigenvalue weighted by molar-refractivity contribution is 0.457. The molecule has 1 aliphatic rings. The maximum atomic E-state index is 10.1. The smallest absolute Gasteiger partial charge is 0.231 e. The summed E-state index contributed by atoms with van der Waals surface area (Å²) in [5.74, 6) is -0.0140. The number of rotatable bonds is 3. The summed E-state index contributed by atoms with van der Waals surface area (Å²) in [5, 5.41) is 14.4. The molecule has 0 spiro atoms. The average molecular weight is 354 g/mol. The molecule has 0 atom stereocenters. The molecule has 0 fully saturated rings. The van der Waals surface area contributed by atoms with Gasteiger partial charge < -0.3 is 10.4 Å². The van der Waals surface area contributed by atoms with E-state index in [0.717, 1.165) is 22.5 Å². The maximum Gasteiger partial charge on any atom is 0.231 e. The zero-order valence-electron chi connectivity index (χ0n) is 12.4. The number of aromatic nitrogens is 1. The largest absolute Gasteiger partial charge is 0.492 e. The highest BCUT2D eigenvalue weighted by Crippen LogP contribution is 2.37. The Balaban J connectivity index is 1.65. The van der Waals surface area contributed by atoms with Crippen LogP contribution in [0.5, 0.6) is 5.88 Å². The maximum absolute atomic E-state index is 10.1. The summed E-state index contributed by atoms with van der Waals surface area (Å²) in [6, 6.07) is 15.3. The number of thiazole rings is 1. The molecular weight excluding hydrogens is 342 g/mol. The summed E-state index contributed by atoms with van der Waals surface area (Å²) >= 11 is 7.49. The molecule has 1 aromatic heterocycles. The number of para-hydroxylation sites is 2. The van der Waals surface area contributed by atoms with E-state index in [9.17, 15) is 5.11 Å². The van der Waals surface area contributed by atoms with Crippen molar-refractivity contribution in [2.24, 2.45) is 4.99 Å². The van der Waals surface area contributed by atoms with E-state index in [2.05, 4.69) is 15.3 Å². The number of hydrogen-bond donors (Lipinski definition) is 2. The van der Waals surface area contributed by atoms with Crippen LogP contribution in [0.3, 0.4) is 0 Å². The summed E-state index contributed by atoms with van der Waals surface area (Å²) in [4.78, 5) is 9.20. The predicted octanol–water partition coefficient (Wildman–Crippen LogP) is 5.50. The fourth-order valence-electron chi connectivity index (χ4n) is 2.44. The first-order valence-electron chi connectivity index (χ1n) is 7.27. The van der Waals surface area contributed by atoms with Crippen molar-refractivity contribution >= 4 is 57.3 Å². The number of fused-ring (bicyclic) bond motifs is 1. The number of benzene rings is 2. The Morgan fingerprint density at radius 3 is 2.75 bits per heavy atom. The van der Waals surface area contributed by atoms with Gasteiger partial charge in [0.15, 0.2) is 5.13 Å². The Morgan fingerprint density at radius 2 is 1.88 bits per heavy atom. The van der Waals surface area contributed by atoms with Crippen molar-refractivity contribution < 1.29 is 5.11 Å². The molecule has 24 heavy (non-hydrogen) atoms. The van der Waals surface area contributed by atoms with Crippen molar-refractivity contribution in [3.8, 4) is 5.88 Å². The molecule has 1 aliphatic heterocycles. The second-order valence-corrected chi connectivity index (χ2v) is 6.62. The van der Waals surface area contributed by atoms with E-state index < -0.39 is 0 Å². The zero-order valence-corrected chi connectivity index (χ0v) is 14.0. The molecule has 6 heteroatoms. The molecule has 4 rings (SSSR count). The molecule has 0 radical (unpaired) electrons. The topological polar surface area (TPSA) is 57.5 Å². The third-order valence-electron chi connectivity index (χ3n) is 3.59. The van der Waals surface area contributed by atoms with Crippen LogP contribution in [0.25, 0.3) is 11.6 Å². The number of hydrogen-bond acceptors (Lipinski definition) is 5. The Labute approximate surface area is 147 Å². The van der Waals surface area contributed by atoms with Gasteiger partial charge in [-0.3, -0.25) is 4.99 Å². The van der Waals surface area contributed by atoms with Crippen LogP contribution in [-0.4, -0.2) is 16.3 Å². The Hall–Kier alpha value is -2.63. The van der Waals surface area contributed by atoms with Crippen LogP contribution >= 0.6 is 22.9 Å². The van der Waals surface area contributed by atoms with Crippen molar-refractivity contribution in [2.45, 2.75) is 0 Å². The second-order valence-electron chi connectivity index (χ2n) is 5.19. The molecule has 0 bridgehead atoms. The molecule has 2 aromatic carbocycles. The summed E-state index contributed by atoms with van der Waals surface area (Å²) in [5.41, 5.74) is 3.68. The molecule has 0 unspecified atom stereocenters. The average Bonchev–Trinajstić information content (AvgIpc) is 3.14. The second kappa shape index (κ2) is 6.11. The van der Waals surface area contributed by atoms with Crippen LogP contribution in [0.1, 0.15) is 10.4 Å². The fourth-order valence-corrected chi connectivity index (χ4v) is 3.45. The first kappa shape index (κ1) is 14.9. The van der Waals surface area contributed by atoms with E-state index in [-0.39, 0.29) is 5.88 Å². The number of halogens is 1. The normalized spacial score (nSPS) is 14.1. The lowest BCUT2D eigenvalue weighted by Crippen LogP contribution is -1.89. The molecular formula is C18H12ClN3OS. The first-order valence-corrected chi connectivity index (χ1v) is 8.47. The van der Waals surface area contributed by atoms with Crippen molar-refractivity contribution in [1.82, 2.24) is 4.98 Å². The molecule has 4 nitrogen and oxygen atoms in total. The molecule has 0 saturated heterocycles. The van der Waals surface area contributed by atoms with Gasteiger partial charge >= 0.3 is 0 Å². The Bertz CT molecular complexity index is 978. The molecule has 0 aliphatic carbocycles.